The largest absolute Gasteiger partial charge is 0.494 e. The molecule has 2 heterocycles. The summed E-state index contributed by atoms with van der Waals surface area (Å²) in [7, 11) is 1.60. The predicted octanol–water partition coefficient (Wildman–Crippen LogP) is 2.45. The second kappa shape index (κ2) is 6.75. The van der Waals surface area contributed by atoms with Crippen LogP contribution in [0, 0.1) is 6.92 Å². The van der Waals surface area contributed by atoms with Crippen molar-refractivity contribution >= 4 is 0 Å². The number of hydrogen-bond donors (Lipinski definition) is 0. The van der Waals surface area contributed by atoms with Gasteiger partial charge in [0.1, 0.15) is 6.10 Å². The second-order valence-corrected chi connectivity index (χ2v) is 5.65. The molecule has 0 spiro atoms. The molecule has 0 N–H and O–H groups in total. The number of benzene rings is 1. The maximum atomic E-state index is 5.84. The number of methoxy groups -OCH3 is 1. The summed E-state index contributed by atoms with van der Waals surface area (Å²) in [6.45, 7) is 5.01. The van der Waals surface area contributed by atoms with Crippen molar-refractivity contribution in [2.24, 2.45) is 0 Å². The lowest BCUT2D eigenvalue weighted by Gasteiger charge is -2.16. The Balaban J connectivity index is 1.52. The molecule has 1 unspecified atom stereocenters. The summed E-state index contributed by atoms with van der Waals surface area (Å²) in [6.07, 6.45) is 4.41. The van der Waals surface area contributed by atoms with Crippen LogP contribution in [0.3, 0.4) is 0 Å². The molecule has 0 radical (unpaired) electrons. The first-order chi connectivity index (χ1) is 10.7. The molecule has 0 bridgehead atoms. The van der Waals surface area contributed by atoms with Gasteiger partial charge in [-0.25, -0.2) is 0 Å². The molecule has 0 saturated carbocycles. The molecule has 116 valence electrons. The minimum atomic E-state index is 0.152. The van der Waals surface area contributed by atoms with Crippen molar-refractivity contribution < 1.29 is 9.47 Å². The van der Waals surface area contributed by atoms with Crippen molar-refractivity contribution in [3.63, 3.8) is 0 Å². The molecule has 5 nitrogen and oxygen atoms in total. The Morgan fingerprint density at radius 1 is 1.18 bits per heavy atom. The van der Waals surface area contributed by atoms with Crippen LogP contribution in [0.1, 0.15) is 17.5 Å². The number of ether oxygens (including phenoxy) is 2. The molecule has 5 heteroatoms. The van der Waals surface area contributed by atoms with Crippen LogP contribution in [0.2, 0.25) is 0 Å². The van der Waals surface area contributed by atoms with Gasteiger partial charge in [-0.3, -0.25) is 4.90 Å². The zero-order valence-electron chi connectivity index (χ0n) is 13.0. The highest BCUT2D eigenvalue weighted by Gasteiger charge is 2.24. The van der Waals surface area contributed by atoms with Gasteiger partial charge in [-0.15, -0.1) is 0 Å². The lowest BCUT2D eigenvalue weighted by molar-refractivity contribution is 0.183. The van der Waals surface area contributed by atoms with Crippen LogP contribution in [0.15, 0.2) is 36.7 Å². The number of rotatable bonds is 5. The van der Waals surface area contributed by atoms with E-state index in [1.54, 1.807) is 19.5 Å². The molecule has 22 heavy (non-hydrogen) atoms. The van der Waals surface area contributed by atoms with Crippen molar-refractivity contribution in [2.45, 2.75) is 26.0 Å². The fourth-order valence-corrected chi connectivity index (χ4v) is 2.61. The summed E-state index contributed by atoms with van der Waals surface area (Å²) in [6, 6.07) is 9.12. The Labute approximate surface area is 130 Å². The van der Waals surface area contributed by atoms with Gasteiger partial charge >= 0.3 is 6.01 Å². The van der Waals surface area contributed by atoms with E-state index in [2.05, 4.69) is 46.1 Å². The number of nitrogens with zero attached hydrogens (tertiary/aromatic N) is 3. The normalized spacial score (nSPS) is 18.4. The third-order valence-electron chi connectivity index (χ3n) is 3.87. The molecule has 3 rings (SSSR count). The van der Waals surface area contributed by atoms with Crippen LogP contribution in [-0.4, -0.2) is 41.2 Å². The first-order valence-electron chi connectivity index (χ1n) is 7.53. The Morgan fingerprint density at radius 2 is 1.91 bits per heavy atom. The molecule has 0 aliphatic carbocycles. The highest BCUT2D eigenvalue weighted by molar-refractivity contribution is 5.21. The van der Waals surface area contributed by atoms with E-state index in [1.807, 2.05) is 0 Å². The van der Waals surface area contributed by atoms with Gasteiger partial charge in [0.05, 0.1) is 19.5 Å². The lowest BCUT2D eigenvalue weighted by atomic mass is 10.1. The second-order valence-electron chi connectivity index (χ2n) is 5.65. The van der Waals surface area contributed by atoms with Crippen LogP contribution < -0.4 is 9.47 Å². The summed E-state index contributed by atoms with van der Waals surface area (Å²) in [5, 5.41) is 0. The van der Waals surface area contributed by atoms with Gasteiger partial charge in [0, 0.05) is 19.6 Å². The predicted molar refractivity (Wildman–Crippen MR) is 84.1 cm³/mol. The van der Waals surface area contributed by atoms with E-state index in [4.69, 9.17) is 9.47 Å². The molecular weight excluding hydrogens is 278 g/mol. The molecule has 1 atom stereocenters. The molecule has 1 fully saturated rings. The average Bonchev–Trinajstić information content (AvgIpc) is 2.97. The third-order valence-corrected chi connectivity index (χ3v) is 3.87. The van der Waals surface area contributed by atoms with Crippen molar-refractivity contribution in [3.8, 4) is 11.8 Å². The Morgan fingerprint density at radius 3 is 2.59 bits per heavy atom. The smallest absolute Gasteiger partial charge is 0.316 e. The van der Waals surface area contributed by atoms with Crippen molar-refractivity contribution in [1.29, 1.82) is 0 Å². The van der Waals surface area contributed by atoms with Crippen molar-refractivity contribution in [1.82, 2.24) is 14.9 Å². The maximum absolute atomic E-state index is 5.84. The number of aryl methyl sites for hydroxylation is 1. The van der Waals surface area contributed by atoms with Crippen LogP contribution >= 0.6 is 0 Å². The van der Waals surface area contributed by atoms with E-state index >= 15 is 0 Å². The molecule has 1 aliphatic heterocycles. The standard InChI is InChI=1S/C17H21N3O2/c1-13-3-5-14(6-4-13)11-20-8-7-15(12-20)22-17-18-9-16(21-2)10-19-17/h3-6,9-10,15H,7-8,11-12H2,1-2H3. The van der Waals surface area contributed by atoms with Gasteiger partial charge in [-0.05, 0) is 18.9 Å². The molecule has 1 aliphatic rings. The maximum Gasteiger partial charge on any atom is 0.316 e. The summed E-state index contributed by atoms with van der Waals surface area (Å²) < 4.78 is 10.9. The average molecular weight is 299 g/mol. The highest BCUT2D eigenvalue weighted by Crippen LogP contribution is 2.18. The van der Waals surface area contributed by atoms with Crippen molar-refractivity contribution in [3.05, 3.63) is 47.8 Å². The number of likely N-dealkylation sites (tertiary alicyclic amines) is 1. The van der Waals surface area contributed by atoms with E-state index < -0.39 is 0 Å². The quantitative estimate of drug-likeness (QED) is 0.848. The molecule has 0 amide bonds. The molecule has 1 aromatic carbocycles. The zero-order valence-corrected chi connectivity index (χ0v) is 13.0. The minimum absolute atomic E-state index is 0.152. The lowest BCUT2D eigenvalue weighted by Crippen LogP contribution is -2.25. The Hall–Kier alpha value is -2.14. The van der Waals surface area contributed by atoms with Crippen molar-refractivity contribution in [2.75, 3.05) is 20.2 Å². The molecule has 1 saturated heterocycles. The number of hydrogen-bond acceptors (Lipinski definition) is 5. The van der Waals surface area contributed by atoms with Crippen LogP contribution in [-0.2, 0) is 6.54 Å². The van der Waals surface area contributed by atoms with E-state index in [9.17, 15) is 0 Å². The Kier molecular flexibility index (Phi) is 4.53. The van der Waals surface area contributed by atoms with E-state index in [1.165, 1.54) is 11.1 Å². The molecule has 2 aromatic rings. The first kappa shape index (κ1) is 14.8. The summed E-state index contributed by atoms with van der Waals surface area (Å²) in [5.74, 6) is 0.639. The van der Waals surface area contributed by atoms with Gasteiger partial charge in [-0.1, -0.05) is 29.8 Å². The number of aromatic nitrogens is 2. The van der Waals surface area contributed by atoms with E-state index in [-0.39, 0.29) is 6.10 Å². The summed E-state index contributed by atoms with van der Waals surface area (Å²) in [5.41, 5.74) is 2.63. The van der Waals surface area contributed by atoms with Crippen LogP contribution in [0.5, 0.6) is 11.8 Å². The molecular formula is C17H21N3O2. The zero-order chi connectivity index (χ0) is 15.4. The first-order valence-corrected chi connectivity index (χ1v) is 7.53. The van der Waals surface area contributed by atoms with Gasteiger partial charge in [0.15, 0.2) is 5.75 Å². The SMILES string of the molecule is COc1cnc(OC2CCN(Cc3ccc(C)cc3)C2)nc1. The van der Waals surface area contributed by atoms with Gasteiger partial charge in [0.2, 0.25) is 0 Å². The van der Waals surface area contributed by atoms with E-state index in [0.717, 1.165) is 26.1 Å². The van der Waals surface area contributed by atoms with Crippen LogP contribution in [0.4, 0.5) is 0 Å². The van der Waals surface area contributed by atoms with E-state index in [0.29, 0.717) is 11.8 Å². The summed E-state index contributed by atoms with van der Waals surface area (Å²) in [4.78, 5) is 10.7. The molecule has 1 aromatic heterocycles. The topological polar surface area (TPSA) is 47.5 Å². The Bertz CT molecular complexity index is 598. The fraction of sp³-hybridized carbons (Fsp3) is 0.412. The van der Waals surface area contributed by atoms with Gasteiger partial charge in [0.25, 0.3) is 0 Å². The van der Waals surface area contributed by atoms with Crippen LogP contribution in [0.25, 0.3) is 0 Å². The minimum Gasteiger partial charge on any atom is -0.494 e. The van der Waals surface area contributed by atoms with Gasteiger partial charge in [-0.2, -0.15) is 9.97 Å². The summed E-state index contributed by atoms with van der Waals surface area (Å²) >= 11 is 0. The monoisotopic (exact) mass is 299 g/mol. The van der Waals surface area contributed by atoms with Gasteiger partial charge < -0.3 is 9.47 Å². The third kappa shape index (κ3) is 3.74. The highest BCUT2D eigenvalue weighted by atomic mass is 16.5. The fourth-order valence-electron chi connectivity index (χ4n) is 2.61.